The van der Waals surface area contributed by atoms with Gasteiger partial charge in [0.25, 0.3) is 10.0 Å². The highest BCUT2D eigenvalue weighted by molar-refractivity contribution is 7.90. The van der Waals surface area contributed by atoms with Crippen LogP contribution in [0.2, 0.25) is 0 Å². The molecule has 2 aromatic heterocycles. The summed E-state index contributed by atoms with van der Waals surface area (Å²) in [5.74, 6) is -3.29. The summed E-state index contributed by atoms with van der Waals surface area (Å²) in [4.78, 5) is 25.9. The number of carbonyl (C=O) groups is 2. The summed E-state index contributed by atoms with van der Waals surface area (Å²) in [6.07, 6.45) is 4.76. The van der Waals surface area contributed by atoms with E-state index in [1.54, 1.807) is 0 Å². The smallest absolute Gasteiger partial charge is 0.336 e. The molecule has 0 radical (unpaired) electrons. The molecule has 10 heteroatoms. The van der Waals surface area contributed by atoms with Crippen molar-refractivity contribution in [3.63, 3.8) is 0 Å². The number of rotatable bonds is 6. The fraction of sp³-hybridized carbons (Fsp3) is 0. The molecule has 0 saturated carbocycles. The lowest BCUT2D eigenvalue weighted by Gasteiger charge is -2.10. The van der Waals surface area contributed by atoms with Crippen molar-refractivity contribution in [3.8, 4) is 17.0 Å². The number of aromatic nitrogens is 2. The number of nitrogens with zero attached hydrogens (tertiary/aromatic N) is 2. The molecule has 2 heterocycles. The van der Waals surface area contributed by atoms with Crippen molar-refractivity contribution in [2.24, 2.45) is 0 Å². The van der Waals surface area contributed by atoms with Crippen LogP contribution in [0, 0.1) is 5.82 Å². The lowest BCUT2D eigenvalue weighted by atomic mass is 10.1. The normalized spacial score (nSPS) is 11.5. The van der Waals surface area contributed by atoms with E-state index in [1.807, 2.05) is 0 Å². The second kappa shape index (κ2) is 8.07. The predicted octanol–water partition coefficient (Wildman–Crippen LogP) is 2.47. The zero-order valence-corrected chi connectivity index (χ0v) is 15.4. The molecule has 0 aliphatic rings. The highest BCUT2D eigenvalue weighted by atomic mass is 32.2. The van der Waals surface area contributed by atoms with Gasteiger partial charge in [0.1, 0.15) is 10.7 Å². The monoisotopic (exact) mass is 416 g/mol. The van der Waals surface area contributed by atoms with Gasteiger partial charge >= 0.3 is 11.9 Å². The van der Waals surface area contributed by atoms with Gasteiger partial charge in [0.05, 0.1) is 11.9 Å². The van der Waals surface area contributed by atoms with E-state index in [0.717, 1.165) is 22.4 Å². The molecule has 0 spiro atoms. The van der Waals surface area contributed by atoms with Crippen molar-refractivity contribution in [1.29, 1.82) is 0 Å². The van der Waals surface area contributed by atoms with Gasteiger partial charge in [-0.1, -0.05) is 12.1 Å². The Bertz CT molecular complexity index is 1200. The van der Waals surface area contributed by atoms with Crippen LogP contribution < -0.4 is 4.74 Å². The summed E-state index contributed by atoms with van der Waals surface area (Å²) < 4.78 is 46.1. The summed E-state index contributed by atoms with van der Waals surface area (Å²) in [7, 11) is -4.19. The summed E-state index contributed by atoms with van der Waals surface area (Å²) in [5.41, 5.74) is -0.125. The lowest BCUT2D eigenvalue weighted by Crippen LogP contribution is -2.13. The fourth-order valence-electron chi connectivity index (χ4n) is 2.44. The first kappa shape index (κ1) is 20.0. The SMILES string of the molecule is O=C(O)/C=C/C(=O)Oc1cc(-c2ccccc2F)n(S(=O)(=O)c2cccnc2)c1. The Morgan fingerprint density at radius 3 is 2.55 bits per heavy atom. The molecule has 0 fully saturated rings. The highest BCUT2D eigenvalue weighted by Gasteiger charge is 2.24. The predicted molar refractivity (Wildman–Crippen MR) is 99.1 cm³/mol. The van der Waals surface area contributed by atoms with Gasteiger partial charge in [0, 0.05) is 36.2 Å². The maximum atomic E-state index is 14.3. The number of carboxylic acids is 1. The third kappa shape index (κ3) is 4.38. The Labute approximate surface area is 164 Å². The van der Waals surface area contributed by atoms with Crippen LogP contribution in [0.3, 0.4) is 0 Å². The van der Waals surface area contributed by atoms with Crippen LogP contribution in [-0.2, 0) is 19.6 Å². The van der Waals surface area contributed by atoms with Gasteiger partial charge in [-0.2, -0.15) is 0 Å². The maximum absolute atomic E-state index is 14.3. The van der Waals surface area contributed by atoms with Gasteiger partial charge in [-0.05, 0) is 24.3 Å². The minimum atomic E-state index is -4.19. The Morgan fingerprint density at radius 1 is 1.14 bits per heavy atom. The molecule has 0 aliphatic heterocycles. The van der Waals surface area contributed by atoms with Crippen molar-refractivity contribution >= 4 is 22.0 Å². The summed E-state index contributed by atoms with van der Waals surface area (Å²) in [5, 5.41) is 8.56. The molecule has 3 rings (SSSR count). The Balaban J connectivity index is 2.11. The molecular weight excluding hydrogens is 403 g/mol. The molecule has 1 aromatic carbocycles. The van der Waals surface area contributed by atoms with Gasteiger partial charge in [0.15, 0.2) is 5.75 Å². The van der Waals surface area contributed by atoms with Gasteiger partial charge in [-0.3, -0.25) is 4.98 Å². The first-order valence-electron chi connectivity index (χ1n) is 8.05. The van der Waals surface area contributed by atoms with Crippen LogP contribution >= 0.6 is 0 Å². The zero-order valence-electron chi connectivity index (χ0n) is 14.6. The summed E-state index contributed by atoms with van der Waals surface area (Å²) in [6, 6.07) is 9.40. The molecule has 0 saturated heterocycles. The fourth-order valence-corrected chi connectivity index (χ4v) is 3.77. The number of carboxylic acid groups (broad SMARTS) is 1. The number of pyridine rings is 1. The van der Waals surface area contributed by atoms with Crippen LogP contribution in [0.4, 0.5) is 4.39 Å². The van der Waals surface area contributed by atoms with Crippen LogP contribution in [0.25, 0.3) is 11.3 Å². The summed E-state index contributed by atoms with van der Waals surface area (Å²) in [6.45, 7) is 0. The standard InChI is InChI=1S/C19H13FN2O6S/c20-16-6-2-1-5-15(16)17-10-13(28-19(25)8-7-18(23)24)12-22(17)29(26,27)14-4-3-9-21-11-14/h1-12H,(H,23,24)/b8-7+. The van der Waals surface area contributed by atoms with Crippen LogP contribution in [0.1, 0.15) is 0 Å². The number of halogens is 1. The maximum Gasteiger partial charge on any atom is 0.336 e. The largest absolute Gasteiger partial charge is 0.478 e. The molecule has 0 atom stereocenters. The minimum Gasteiger partial charge on any atom is -0.478 e. The molecule has 29 heavy (non-hydrogen) atoms. The number of hydrogen-bond acceptors (Lipinski definition) is 6. The molecule has 0 unspecified atom stereocenters. The first-order valence-corrected chi connectivity index (χ1v) is 9.49. The molecule has 0 aliphatic carbocycles. The zero-order chi connectivity index (χ0) is 21.0. The van der Waals surface area contributed by atoms with Crippen molar-refractivity contribution in [3.05, 3.63) is 79.0 Å². The Morgan fingerprint density at radius 2 is 1.90 bits per heavy atom. The van der Waals surface area contributed by atoms with E-state index in [2.05, 4.69) is 4.98 Å². The van der Waals surface area contributed by atoms with E-state index in [0.29, 0.717) is 12.2 Å². The Hall–Kier alpha value is -3.79. The molecule has 148 valence electrons. The second-order valence-electron chi connectivity index (χ2n) is 5.62. The van der Waals surface area contributed by atoms with E-state index < -0.39 is 27.8 Å². The van der Waals surface area contributed by atoms with E-state index in [1.165, 1.54) is 42.6 Å². The number of aliphatic carboxylic acids is 1. The molecule has 1 N–H and O–H groups in total. The van der Waals surface area contributed by atoms with Crippen LogP contribution in [0.15, 0.2) is 78.1 Å². The topological polar surface area (TPSA) is 116 Å². The average Bonchev–Trinajstić information content (AvgIpc) is 3.11. The van der Waals surface area contributed by atoms with Crippen LogP contribution in [0.5, 0.6) is 5.75 Å². The third-order valence-corrected chi connectivity index (χ3v) is 5.34. The summed E-state index contributed by atoms with van der Waals surface area (Å²) >= 11 is 0. The second-order valence-corrected chi connectivity index (χ2v) is 7.44. The van der Waals surface area contributed by atoms with Crippen molar-refractivity contribution in [2.45, 2.75) is 4.90 Å². The molecule has 0 amide bonds. The van der Waals surface area contributed by atoms with Crippen LogP contribution in [-0.4, -0.2) is 34.4 Å². The number of ether oxygens (including phenoxy) is 1. The van der Waals surface area contributed by atoms with Crippen molar-refractivity contribution in [1.82, 2.24) is 8.96 Å². The van der Waals surface area contributed by atoms with Gasteiger partial charge in [0.2, 0.25) is 0 Å². The first-order chi connectivity index (χ1) is 13.8. The number of hydrogen-bond donors (Lipinski definition) is 1. The molecular formula is C19H13FN2O6S. The third-order valence-electron chi connectivity index (χ3n) is 3.68. The van der Waals surface area contributed by atoms with E-state index >= 15 is 0 Å². The van der Waals surface area contributed by atoms with E-state index in [4.69, 9.17) is 9.84 Å². The molecule has 0 bridgehead atoms. The van der Waals surface area contributed by atoms with Gasteiger partial charge < -0.3 is 9.84 Å². The number of carbonyl (C=O) groups excluding carboxylic acids is 1. The quantitative estimate of drug-likeness (QED) is 0.485. The van der Waals surface area contributed by atoms with E-state index in [-0.39, 0.29) is 21.9 Å². The highest BCUT2D eigenvalue weighted by Crippen LogP contribution is 2.31. The van der Waals surface area contributed by atoms with Crippen molar-refractivity contribution < 1.29 is 32.2 Å². The van der Waals surface area contributed by atoms with Gasteiger partial charge in [-0.25, -0.2) is 26.4 Å². The molecule has 8 nitrogen and oxygen atoms in total. The van der Waals surface area contributed by atoms with E-state index in [9.17, 15) is 22.4 Å². The number of esters is 1. The average molecular weight is 416 g/mol. The van der Waals surface area contributed by atoms with Gasteiger partial charge in [-0.15, -0.1) is 0 Å². The number of benzene rings is 1. The van der Waals surface area contributed by atoms with Crippen molar-refractivity contribution in [2.75, 3.05) is 0 Å². The minimum absolute atomic E-state index is 0.0386. The molecule has 3 aromatic rings. The Kier molecular flexibility index (Phi) is 5.55. The lowest BCUT2D eigenvalue weighted by molar-refractivity contribution is -0.133.